The normalized spacial score (nSPS) is 14.9. The third kappa shape index (κ3) is 4.69. The highest BCUT2D eigenvalue weighted by Gasteiger charge is 2.09. The molecule has 0 aromatic heterocycles. The van der Waals surface area contributed by atoms with Crippen LogP contribution in [0.5, 0.6) is 0 Å². The lowest BCUT2D eigenvalue weighted by Gasteiger charge is -2.14. The first-order valence-electron chi connectivity index (χ1n) is 5.20. The molecule has 15 heavy (non-hydrogen) atoms. The molecule has 1 aromatic carbocycles. The lowest BCUT2D eigenvalue weighted by molar-refractivity contribution is 0.135. The Morgan fingerprint density at radius 1 is 1.33 bits per heavy atom. The number of hydrogen-bond donors (Lipinski definition) is 1. The first-order chi connectivity index (χ1) is 7.24. The molecule has 0 radical (unpaired) electrons. The zero-order chi connectivity index (χ0) is 11.1. The Balaban J connectivity index is 2.33. The van der Waals surface area contributed by atoms with Crippen molar-refractivity contribution in [3.8, 4) is 0 Å². The topological polar surface area (TPSA) is 29.5 Å². The van der Waals surface area contributed by atoms with Gasteiger partial charge in [0.2, 0.25) is 0 Å². The average Bonchev–Trinajstić information content (AvgIpc) is 2.27. The van der Waals surface area contributed by atoms with E-state index in [9.17, 15) is 5.11 Å². The Labute approximate surface area is 95.7 Å². The van der Waals surface area contributed by atoms with Gasteiger partial charge in [-0.25, -0.2) is 0 Å². The highest BCUT2D eigenvalue weighted by Crippen LogP contribution is 2.21. The standard InChI is InChI=1S/C12H18O2S/c1-3-14-10(2)15-9-12(13)11-7-5-4-6-8-11/h4-8,10,12-13H,3,9H2,1-2H3. The molecule has 1 rings (SSSR count). The summed E-state index contributed by atoms with van der Waals surface area (Å²) >= 11 is 1.63. The Morgan fingerprint density at radius 2 is 2.00 bits per heavy atom. The van der Waals surface area contributed by atoms with Crippen LogP contribution in [-0.4, -0.2) is 22.9 Å². The third-order valence-corrected chi connectivity index (χ3v) is 3.19. The third-order valence-electron chi connectivity index (χ3n) is 2.07. The van der Waals surface area contributed by atoms with Gasteiger partial charge in [-0.1, -0.05) is 30.3 Å². The van der Waals surface area contributed by atoms with Crippen LogP contribution in [0.15, 0.2) is 30.3 Å². The summed E-state index contributed by atoms with van der Waals surface area (Å²) in [5, 5.41) is 9.86. The molecule has 1 aromatic rings. The monoisotopic (exact) mass is 226 g/mol. The van der Waals surface area contributed by atoms with Crippen LogP contribution < -0.4 is 0 Å². The maximum atomic E-state index is 9.86. The van der Waals surface area contributed by atoms with Crippen LogP contribution >= 0.6 is 11.8 Å². The van der Waals surface area contributed by atoms with Gasteiger partial charge in [-0.3, -0.25) is 0 Å². The fourth-order valence-electron chi connectivity index (χ4n) is 1.28. The molecule has 0 fully saturated rings. The van der Waals surface area contributed by atoms with Gasteiger partial charge in [-0.05, 0) is 19.4 Å². The van der Waals surface area contributed by atoms with Crippen LogP contribution in [0.1, 0.15) is 25.5 Å². The summed E-state index contributed by atoms with van der Waals surface area (Å²) in [6.45, 7) is 4.70. The van der Waals surface area contributed by atoms with Gasteiger partial charge in [0.05, 0.1) is 11.5 Å². The molecule has 2 unspecified atom stereocenters. The maximum absolute atomic E-state index is 9.86. The molecule has 84 valence electrons. The molecule has 3 heteroatoms. The van der Waals surface area contributed by atoms with Gasteiger partial charge in [0.25, 0.3) is 0 Å². The summed E-state index contributed by atoms with van der Waals surface area (Å²) in [6, 6.07) is 9.71. The summed E-state index contributed by atoms with van der Waals surface area (Å²) in [5.41, 5.74) is 1.11. The van der Waals surface area contributed by atoms with Crippen molar-refractivity contribution in [1.29, 1.82) is 0 Å². The van der Waals surface area contributed by atoms with E-state index in [2.05, 4.69) is 0 Å². The Hall–Kier alpha value is -0.510. The summed E-state index contributed by atoms with van der Waals surface area (Å²) in [5.74, 6) is 0.672. The molecule has 2 atom stereocenters. The van der Waals surface area contributed by atoms with Crippen molar-refractivity contribution in [1.82, 2.24) is 0 Å². The van der Waals surface area contributed by atoms with E-state index in [0.29, 0.717) is 5.75 Å². The Kier molecular flexibility index (Phi) is 5.76. The van der Waals surface area contributed by atoms with E-state index in [1.165, 1.54) is 0 Å². The fourth-order valence-corrected chi connectivity index (χ4v) is 2.16. The van der Waals surface area contributed by atoms with Gasteiger partial charge in [-0.15, -0.1) is 11.8 Å². The van der Waals surface area contributed by atoms with Gasteiger partial charge >= 0.3 is 0 Å². The molecule has 0 bridgehead atoms. The molecular formula is C12H18O2S. The molecule has 0 saturated carbocycles. The van der Waals surface area contributed by atoms with Crippen LogP contribution in [0, 0.1) is 0 Å². The van der Waals surface area contributed by atoms with E-state index < -0.39 is 6.10 Å². The second kappa shape index (κ2) is 6.88. The summed E-state index contributed by atoms with van der Waals surface area (Å²) in [6.07, 6.45) is -0.404. The summed E-state index contributed by atoms with van der Waals surface area (Å²) in [7, 11) is 0. The number of thioether (sulfide) groups is 1. The minimum atomic E-state index is -0.404. The fraction of sp³-hybridized carbons (Fsp3) is 0.500. The average molecular weight is 226 g/mol. The number of rotatable bonds is 6. The predicted octanol–water partition coefficient (Wildman–Crippen LogP) is 2.84. The first kappa shape index (κ1) is 12.6. The maximum Gasteiger partial charge on any atom is 0.1000 e. The molecular weight excluding hydrogens is 208 g/mol. The van der Waals surface area contributed by atoms with Crippen molar-refractivity contribution >= 4 is 11.8 Å². The van der Waals surface area contributed by atoms with E-state index in [1.54, 1.807) is 11.8 Å². The Morgan fingerprint density at radius 3 is 2.60 bits per heavy atom. The molecule has 0 aliphatic heterocycles. The number of benzene rings is 1. The highest BCUT2D eigenvalue weighted by molar-refractivity contribution is 7.99. The quantitative estimate of drug-likeness (QED) is 0.756. The van der Waals surface area contributed by atoms with Crippen LogP contribution in [-0.2, 0) is 4.74 Å². The van der Waals surface area contributed by atoms with E-state index in [4.69, 9.17) is 4.74 Å². The van der Waals surface area contributed by atoms with Crippen molar-refractivity contribution in [3.05, 3.63) is 35.9 Å². The molecule has 2 nitrogen and oxygen atoms in total. The number of hydrogen-bond acceptors (Lipinski definition) is 3. The van der Waals surface area contributed by atoms with Crippen LogP contribution in [0.4, 0.5) is 0 Å². The van der Waals surface area contributed by atoms with Gasteiger partial charge in [0.1, 0.15) is 0 Å². The van der Waals surface area contributed by atoms with Crippen LogP contribution in [0.2, 0.25) is 0 Å². The lowest BCUT2D eigenvalue weighted by Crippen LogP contribution is -2.08. The summed E-state index contributed by atoms with van der Waals surface area (Å²) in [4.78, 5) is 0. The van der Waals surface area contributed by atoms with E-state index in [0.717, 1.165) is 12.2 Å². The molecule has 1 N–H and O–H groups in total. The van der Waals surface area contributed by atoms with Crippen LogP contribution in [0.25, 0.3) is 0 Å². The predicted molar refractivity (Wildman–Crippen MR) is 64.9 cm³/mol. The van der Waals surface area contributed by atoms with Gasteiger partial charge in [-0.2, -0.15) is 0 Å². The molecule has 0 spiro atoms. The van der Waals surface area contributed by atoms with Crippen molar-refractivity contribution < 1.29 is 9.84 Å². The SMILES string of the molecule is CCOC(C)SCC(O)c1ccccc1. The van der Waals surface area contributed by atoms with Crippen LogP contribution in [0.3, 0.4) is 0 Å². The number of aliphatic hydroxyl groups excluding tert-OH is 1. The number of aliphatic hydroxyl groups is 1. The highest BCUT2D eigenvalue weighted by atomic mass is 32.2. The zero-order valence-electron chi connectivity index (χ0n) is 9.22. The smallest absolute Gasteiger partial charge is 0.1000 e. The van der Waals surface area contributed by atoms with E-state index >= 15 is 0 Å². The van der Waals surface area contributed by atoms with E-state index in [1.807, 2.05) is 44.2 Å². The van der Waals surface area contributed by atoms with Gasteiger partial charge in [0, 0.05) is 12.4 Å². The van der Waals surface area contributed by atoms with Gasteiger partial charge < -0.3 is 9.84 Å². The van der Waals surface area contributed by atoms with Crippen molar-refractivity contribution in [2.75, 3.05) is 12.4 Å². The van der Waals surface area contributed by atoms with Crippen molar-refractivity contribution in [2.45, 2.75) is 25.4 Å². The molecule has 0 amide bonds. The largest absolute Gasteiger partial charge is 0.388 e. The second-order valence-corrected chi connectivity index (χ2v) is 4.61. The second-order valence-electron chi connectivity index (χ2n) is 3.28. The first-order valence-corrected chi connectivity index (χ1v) is 6.25. The molecule has 0 aliphatic rings. The van der Waals surface area contributed by atoms with Gasteiger partial charge in [0.15, 0.2) is 0 Å². The molecule has 0 heterocycles. The minimum Gasteiger partial charge on any atom is -0.388 e. The van der Waals surface area contributed by atoms with Crippen molar-refractivity contribution in [2.24, 2.45) is 0 Å². The number of ether oxygens (including phenoxy) is 1. The Bertz CT molecular complexity index is 264. The molecule has 0 saturated heterocycles. The zero-order valence-corrected chi connectivity index (χ0v) is 10.0. The molecule has 0 aliphatic carbocycles. The van der Waals surface area contributed by atoms with E-state index in [-0.39, 0.29) is 5.44 Å². The lowest BCUT2D eigenvalue weighted by atomic mass is 10.1. The summed E-state index contributed by atoms with van der Waals surface area (Å²) < 4.78 is 5.38. The minimum absolute atomic E-state index is 0.147. The van der Waals surface area contributed by atoms with Crippen molar-refractivity contribution in [3.63, 3.8) is 0 Å².